The number of esters is 1. The average molecular weight is 510 g/mol. The fourth-order valence-corrected chi connectivity index (χ4v) is 3.42. The van der Waals surface area contributed by atoms with Gasteiger partial charge in [-0.15, -0.1) is 0 Å². The van der Waals surface area contributed by atoms with E-state index in [1.165, 1.54) is 14.0 Å². The van der Waals surface area contributed by atoms with Crippen molar-refractivity contribution in [2.45, 2.75) is 51.2 Å². The molecule has 0 saturated carbocycles. The third kappa shape index (κ3) is 8.02. The summed E-state index contributed by atoms with van der Waals surface area (Å²) in [6.45, 7) is 3.78. The summed E-state index contributed by atoms with van der Waals surface area (Å²) in [4.78, 5) is 50.4. The Morgan fingerprint density at radius 1 is 1.31 bits per heavy atom. The van der Waals surface area contributed by atoms with Gasteiger partial charge in [-0.25, -0.2) is 14.0 Å². The van der Waals surface area contributed by atoms with Crippen LogP contribution in [0.25, 0.3) is 0 Å². The number of para-hydroxylation sites is 1. The second-order valence-corrected chi connectivity index (χ2v) is 8.84. The molecule has 1 aliphatic rings. The number of halogens is 1. The van der Waals surface area contributed by atoms with Crippen LogP contribution in [0.4, 0.5) is 9.18 Å². The maximum Gasteiger partial charge on any atom is 0.413 e. The molecule has 0 bridgehead atoms. The topological polar surface area (TPSA) is 135 Å². The molecule has 2 rings (SSSR count). The first-order chi connectivity index (χ1) is 17.0. The van der Waals surface area contributed by atoms with Crippen molar-refractivity contribution >= 4 is 24.4 Å². The van der Waals surface area contributed by atoms with Gasteiger partial charge in [0, 0.05) is 25.7 Å². The van der Waals surface area contributed by atoms with Gasteiger partial charge in [0.2, 0.25) is 12.3 Å². The van der Waals surface area contributed by atoms with E-state index in [0.717, 1.165) is 22.1 Å². The second-order valence-electron chi connectivity index (χ2n) is 8.84. The van der Waals surface area contributed by atoms with E-state index in [2.05, 4.69) is 5.32 Å². The zero-order valence-corrected chi connectivity index (χ0v) is 20.6. The molecule has 1 aliphatic heterocycles. The summed E-state index contributed by atoms with van der Waals surface area (Å²) in [5, 5.41) is 11.7. The molecule has 0 spiro atoms. The van der Waals surface area contributed by atoms with E-state index in [1.807, 2.05) is 0 Å². The van der Waals surface area contributed by atoms with Crippen molar-refractivity contribution in [2.75, 3.05) is 20.4 Å². The number of nitrogens with one attached hydrogen (secondary N) is 1. The molecule has 36 heavy (non-hydrogen) atoms. The number of aliphatic hydroxyl groups excluding tert-OH is 1. The molecule has 12 heteroatoms. The summed E-state index contributed by atoms with van der Waals surface area (Å²) in [7, 11) is 1.35. The van der Waals surface area contributed by atoms with Gasteiger partial charge in [-0.1, -0.05) is 32.0 Å². The molecule has 11 nitrogen and oxygen atoms in total. The third-order valence-electron chi connectivity index (χ3n) is 5.37. The minimum atomic E-state index is -1.93. The highest BCUT2D eigenvalue weighted by atomic mass is 19.1. The quantitative estimate of drug-likeness (QED) is 0.199. The lowest BCUT2D eigenvalue weighted by atomic mass is 10.0. The van der Waals surface area contributed by atoms with Crippen LogP contribution in [0.1, 0.15) is 27.2 Å². The van der Waals surface area contributed by atoms with Crippen LogP contribution in [-0.2, 0) is 23.9 Å². The van der Waals surface area contributed by atoms with E-state index < -0.39 is 55.3 Å². The van der Waals surface area contributed by atoms with Gasteiger partial charge in [-0.2, -0.15) is 0 Å². The number of alkyl halides is 1. The Labute approximate surface area is 208 Å². The number of carbonyl (C=O) groups excluding carboxylic acids is 4. The van der Waals surface area contributed by atoms with Crippen LogP contribution >= 0.6 is 0 Å². The summed E-state index contributed by atoms with van der Waals surface area (Å²) in [6.07, 6.45) is -0.689. The SMILES string of the molecule is CC(C)C(NC(=O)Oc1ccccc1)C(=O)OCN(C)C(=O)/C=C\N(C=O)C1OC(CO)C[C@@]1(C)F. The summed E-state index contributed by atoms with van der Waals surface area (Å²) in [5.74, 6) is -1.47. The molecule has 198 valence electrons. The van der Waals surface area contributed by atoms with Crippen molar-refractivity contribution in [1.82, 2.24) is 15.1 Å². The Kier molecular flexibility index (Phi) is 10.4. The molecule has 1 heterocycles. The van der Waals surface area contributed by atoms with Gasteiger partial charge in [0.15, 0.2) is 18.6 Å². The number of carbonyl (C=O) groups is 4. The fourth-order valence-electron chi connectivity index (χ4n) is 3.42. The van der Waals surface area contributed by atoms with Crippen LogP contribution in [0.2, 0.25) is 0 Å². The predicted molar refractivity (Wildman–Crippen MR) is 125 cm³/mol. The minimum absolute atomic E-state index is 0.111. The molecule has 0 aromatic heterocycles. The van der Waals surface area contributed by atoms with Crippen molar-refractivity contribution in [1.29, 1.82) is 0 Å². The first-order valence-corrected chi connectivity index (χ1v) is 11.3. The molecule has 3 amide bonds. The molecule has 3 unspecified atom stereocenters. The summed E-state index contributed by atoms with van der Waals surface area (Å²) >= 11 is 0. The Hall–Kier alpha value is -3.51. The smallest absolute Gasteiger partial charge is 0.413 e. The van der Waals surface area contributed by atoms with Crippen molar-refractivity contribution < 1.29 is 42.9 Å². The van der Waals surface area contributed by atoms with Gasteiger partial charge >= 0.3 is 12.1 Å². The number of ether oxygens (including phenoxy) is 3. The monoisotopic (exact) mass is 509 g/mol. The highest BCUT2D eigenvalue weighted by Gasteiger charge is 2.48. The van der Waals surface area contributed by atoms with Crippen LogP contribution in [0.5, 0.6) is 5.75 Å². The van der Waals surface area contributed by atoms with Gasteiger partial charge in [0.25, 0.3) is 0 Å². The van der Waals surface area contributed by atoms with E-state index in [1.54, 1.807) is 44.2 Å². The van der Waals surface area contributed by atoms with Crippen molar-refractivity contribution in [2.24, 2.45) is 5.92 Å². The Morgan fingerprint density at radius 3 is 2.53 bits per heavy atom. The standard InChI is InChI=1S/C24H32FN3O8/c1-16(2)20(26-23(33)36-17-8-6-5-7-9-17)21(32)34-15-27(4)19(31)10-11-28(14-30)22-24(3,25)12-18(13-29)35-22/h5-11,14,16,18,20,22,29H,12-13,15H2,1-4H3,(H,26,33)/b11-10-/t18?,20?,22?,24-/m1/s1. The van der Waals surface area contributed by atoms with Gasteiger partial charge in [0.05, 0.1) is 12.7 Å². The van der Waals surface area contributed by atoms with Crippen LogP contribution in [0.15, 0.2) is 42.6 Å². The van der Waals surface area contributed by atoms with Gasteiger partial charge < -0.3 is 29.5 Å². The molecule has 1 fully saturated rings. The van der Waals surface area contributed by atoms with Crippen molar-refractivity contribution in [3.05, 3.63) is 42.6 Å². The first-order valence-electron chi connectivity index (χ1n) is 11.3. The summed E-state index contributed by atoms with van der Waals surface area (Å²) in [5.41, 5.74) is -1.93. The summed E-state index contributed by atoms with van der Waals surface area (Å²) in [6, 6.07) is 7.27. The lowest BCUT2D eigenvalue weighted by molar-refractivity contribution is -0.153. The minimum Gasteiger partial charge on any atom is -0.443 e. The number of amides is 3. The van der Waals surface area contributed by atoms with Crippen LogP contribution in [0.3, 0.4) is 0 Å². The average Bonchev–Trinajstić information content (AvgIpc) is 3.15. The third-order valence-corrected chi connectivity index (χ3v) is 5.37. The Balaban J connectivity index is 1.90. The number of benzene rings is 1. The van der Waals surface area contributed by atoms with E-state index in [9.17, 15) is 28.7 Å². The lowest BCUT2D eigenvalue weighted by Crippen LogP contribution is -2.47. The fraction of sp³-hybridized carbons (Fsp3) is 0.500. The number of rotatable bonds is 11. The second kappa shape index (κ2) is 13.0. The number of hydrogen-bond acceptors (Lipinski definition) is 8. The molecule has 1 aromatic carbocycles. The van der Waals surface area contributed by atoms with Gasteiger partial charge in [0.1, 0.15) is 11.8 Å². The van der Waals surface area contributed by atoms with E-state index in [-0.39, 0.29) is 12.3 Å². The Morgan fingerprint density at radius 2 is 1.97 bits per heavy atom. The molecule has 2 N–H and O–H groups in total. The predicted octanol–water partition coefficient (Wildman–Crippen LogP) is 1.57. The maximum atomic E-state index is 14.7. The largest absolute Gasteiger partial charge is 0.443 e. The molecule has 1 aromatic rings. The van der Waals surface area contributed by atoms with Gasteiger partial charge in [-0.05, 0) is 25.0 Å². The van der Waals surface area contributed by atoms with Crippen LogP contribution in [0, 0.1) is 5.92 Å². The highest BCUT2D eigenvalue weighted by Crippen LogP contribution is 2.35. The van der Waals surface area contributed by atoms with E-state index in [0.29, 0.717) is 12.2 Å². The molecular weight excluding hydrogens is 477 g/mol. The first kappa shape index (κ1) is 28.7. The molecule has 0 radical (unpaired) electrons. The molecule has 0 aliphatic carbocycles. The van der Waals surface area contributed by atoms with Crippen molar-refractivity contribution in [3.63, 3.8) is 0 Å². The van der Waals surface area contributed by atoms with Crippen LogP contribution in [-0.4, -0.2) is 83.7 Å². The van der Waals surface area contributed by atoms with Crippen molar-refractivity contribution in [3.8, 4) is 5.75 Å². The zero-order valence-electron chi connectivity index (χ0n) is 20.6. The molecular formula is C24H32FN3O8. The maximum absolute atomic E-state index is 14.7. The lowest BCUT2D eigenvalue weighted by Gasteiger charge is -2.28. The molecule has 4 atom stereocenters. The number of hydrogen-bond donors (Lipinski definition) is 2. The van der Waals surface area contributed by atoms with E-state index >= 15 is 0 Å². The van der Waals surface area contributed by atoms with Gasteiger partial charge in [-0.3, -0.25) is 14.5 Å². The number of likely N-dealkylation sites (N-methyl/N-ethyl adjacent to an activating group) is 1. The highest BCUT2D eigenvalue weighted by molar-refractivity contribution is 5.88. The van der Waals surface area contributed by atoms with Crippen LogP contribution < -0.4 is 10.1 Å². The summed E-state index contributed by atoms with van der Waals surface area (Å²) < 4.78 is 30.4. The van der Waals surface area contributed by atoms with E-state index in [4.69, 9.17) is 14.2 Å². The Bertz CT molecular complexity index is 941. The number of aliphatic hydroxyl groups is 1. The normalized spacial score (nSPS) is 22.2. The number of nitrogens with zero attached hydrogens (tertiary/aromatic N) is 2. The molecule has 1 saturated heterocycles. The zero-order chi connectivity index (χ0) is 26.9.